The maximum absolute atomic E-state index is 12.7. The lowest BCUT2D eigenvalue weighted by molar-refractivity contribution is -0.561. The zero-order valence-corrected chi connectivity index (χ0v) is 13.8. The predicted molar refractivity (Wildman–Crippen MR) is 88.2 cm³/mol. The van der Waals surface area contributed by atoms with Crippen LogP contribution in [0.2, 0.25) is 0 Å². The summed E-state index contributed by atoms with van der Waals surface area (Å²) < 4.78 is 0.874. The molecule has 2 rings (SSSR count). The Balaban J connectivity index is 2.35. The molecule has 120 valence electrons. The molecule has 2 N–H and O–H groups in total. The lowest BCUT2D eigenvalue weighted by Crippen LogP contribution is -2.57. The zero-order chi connectivity index (χ0) is 16.5. The summed E-state index contributed by atoms with van der Waals surface area (Å²) in [5, 5.41) is 28.7. The Hall–Kier alpha value is -1.92. The monoisotopic (exact) mass is 304 g/mol. The van der Waals surface area contributed by atoms with Gasteiger partial charge in [-0.2, -0.15) is 9.84 Å². The van der Waals surface area contributed by atoms with Crippen molar-refractivity contribution in [1.29, 1.82) is 0 Å². The summed E-state index contributed by atoms with van der Waals surface area (Å²) in [6, 6.07) is 9.48. The van der Waals surface area contributed by atoms with Crippen LogP contribution in [0.4, 0.5) is 5.69 Å². The summed E-state index contributed by atoms with van der Waals surface area (Å²) >= 11 is 0. The molecule has 1 aliphatic rings. The number of nitrogens with zero attached hydrogens (tertiary/aromatic N) is 3. The number of rotatable bonds is 4. The van der Waals surface area contributed by atoms with Crippen molar-refractivity contribution >= 4 is 17.1 Å². The van der Waals surface area contributed by atoms with Gasteiger partial charge in [-0.15, -0.1) is 5.06 Å². The molecule has 0 saturated heterocycles. The second-order valence-electron chi connectivity index (χ2n) is 6.16. The summed E-state index contributed by atoms with van der Waals surface area (Å²) in [6.45, 7) is 8.99. The lowest BCUT2D eigenvalue weighted by Gasteiger charge is -2.32. The number of hydrogen-bond acceptors (Lipinski definition) is 5. The Morgan fingerprint density at radius 3 is 2.41 bits per heavy atom. The number of hydrogen-bond donors (Lipinski definition) is 2. The normalized spacial score (nSPS) is 25.6. The summed E-state index contributed by atoms with van der Waals surface area (Å²) in [4.78, 5) is 0. The molecule has 0 bridgehead atoms. The summed E-state index contributed by atoms with van der Waals surface area (Å²) in [6.07, 6.45) is 0.572. The third-order valence-corrected chi connectivity index (χ3v) is 4.44. The van der Waals surface area contributed by atoms with Gasteiger partial charge in [0.25, 0.3) is 5.66 Å². The fraction of sp³-hybridized carbons (Fsp3) is 0.500. The third-order valence-electron chi connectivity index (χ3n) is 4.44. The van der Waals surface area contributed by atoms with Gasteiger partial charge in [-0.1, -0.05) is 25.1 Å². The van der Waals surface area contributed by atoms with E-state index in [9.17, 15) is 10.4 Å². The summed E-state index contributed by atoms with van der Waals surface area (Å²) in [5.74, 6) is 0. The van der Waals surface area contributed by atoms with E-state index in [0.717, 1.165) is 15.5 Å². The first kappa shape index (κ1) is 16.5. The van der Waals surface area contributed by atoms with Gasteiger partial charge in [0.15, 0.2) is 5.71 Å². The van der Waals surface area contributed by atoms with Crippen LogP contribution in [0.5, 0.6) is 0 Å². The molecule has 0 aromatic heterocycles. The van der Waals surface area contributed by atoms with E-state index in [2.05, 4.69) is 10.5 Å². The molecule has 6 heteroatoms. The van der Waals surface area contributed by atoms with Crippen LogP contribution in [0, 0.1) is 5.21 Å². The van der Waals surface area contributed by atoms with E-state index >= 15 is 0 Å². The van der Waals surface area contributed by atoms with E-state index in [1.54, 1.807) is 13.8 Å². The zero-order valence-electron chi connectivity index (χ0n) is 13.8. The van der Waals surface area contributed by atoms with Crippen LogP contribution >= 0.6 is 0 Å². The van der Waals surface area contributed by atoms with Gasteiger partial charge in [0, 0.05) is 13.3 Å². The van der Waals surface area contributed by atoms with Gasteiger partial charge in [0.05, 0.1) is 5.69 Å². The number of hydroxylamine groups is 3. The Morgan fingerprint density at radius 1 is 1.32 bits per heavy atom. The van der Waals surface area contributed by atoms with Crippen LogP contribution in [0.25, 0.3) is 0 Å². The van der Waals surface area contributed by atoms with Crippen LogP contribution in [0.15, 0.2) is 35.4 Å². The number of anilines is 1. The molecule has 1 unspecified atom stereocenters. The van der Waals surface area contributed by atoms with Gasteiger partial charge in [0.1, 0.15) is 11.3 Å². The van der Waals surface area contributed by atoms with Crippen LogP contribution in [0.3, 0.4) is 0 Å². The second kappa shape index (κ2) is 5.70. The van der Waals surface area contributed by atoms with E-state index in [-0.39, 0.29) is 0 Å². The minimum absolute atomic E-state index is 0.491. The minimum Gasteiger partial charge on any atom is -0.622 e. The van der Waals surface area contributed by atoms with Crippen molar-refractivity contribution in [2.45, 2.75) is 52.2 Å². The molecule has 6 nitrogen and oxygen atoms in total. The molecule has 0 amide bonds. The van der Waals surface area contributed by atoms with Crippen LogP contribution in [-0.2, 0) is 0 Å². The molecule has 1 aromatic carbocycles. The second-order valence-corrected chi connectivity index (χ2v) is 6.16. The van der Waals surface area contributed by atoms with E-state index in [0.29, 0.717) is 17.8 Å². The van der Waals surface area contributed by atoms with Gasteiger partial charge in [-0.3, -0.25) is 5.43 Å². The maximum atomic E-state index is 12.7. The van der Waals surface area contributed by atoms with Crippen molar-refractivity contribution in [3.05, 3.63) is 35.5 Å². The minimum atomic E-state index is -1.23. The highest BCUT2D eigenvalue weighted by atomic mass is 16.6. The van der Waals surface area contributed by atoms with E-state index < -0.39 is 11.2 Å². The van der Waals surface area contributed by atoms with Gasteiger partial charge in [0.2, 0.25) is 0 Å². The third kappa shape index (κ3) is 2.38. The molecule has 0 saturated carbocycles. The number of para-hydroxylation sites is 1. The van der Waals surface area contributed by atoms with Crippen molar-refractivity contribution in [2.24, 2.45) is 5.10 Å². The van der Waals surface area contributed by atoms with Crippen molar-refractivity contribution in [3.8, 4) is 0 Å². The molecule has 0 aliphatic carbocycles. The molecule has 0 radical (unpaired) electrons. The maximum Gasteiger partial charge on any atom is 0.288 e. The summed E-state index contributed by atoms with van der Waals surface area (Å²) in [5.41, 5.74) is 2.92. The Morgan fingerprint density at radius 2 is 1.91 bits per heavy atom. The van der Waals surface area contributed by atoms with Crippen LogP contribution < -0.4 is 5.43 Å². The predicted octanol–water partition coefficient (Wildman–Crippen LogP) is 3.04. The quantitative estimate of drug-likeness (QED) is 0.388. The summed E-state index contributed by atoms with van der Waals surface area (Å²) in [7, 11) is 0. The Labute approximate surface area is 131 Å². The van der Waals surface area contributed by atoms with Crippen molar-refractivity contribution in [2.75, 3.05) is 5.43 Å². The molecule has 0 fully saturated rings. The average Bonchev–Trinajstić information content (AvgIpc) is 2.64. The lowest BCUT2D eigenvalue weighted by atomic mass is 9.96. The van der Waals surface area contributed by atoms with Crippen LogP contribution in [-0.4, -0.2) is 37.6 Å². The molecule has 1 aromatic rings. The topological polar surface area (TPSA) is 73.9 Å². The molecular weight excluding hydrogens is 280 g/mol. The number of benzene rings is 1. The first-order valence-corrected chi connectivity index (χ1v) is 7.45. The van der Waals surface area contributed by atoms with E-state index in [1.807, 2.05) is 51.1 Å². The first-order chi connectivity index (χ1) is 10.3. The van der Waals surface area contributed by atoms with Gasteiger partial charge in [-0.25, -0.2) is 0 Å². The first-order valence-electron chi connectivity index (χ1n) is 7.45. The highest BCUT2D eigenvalue weighted by molar-refractivity contribution is 5.96. The van der Waals surface area contributed by atoms with Gasteiger partial charge < -0.3 is 10.4 Å². The SMILES string of the molecule is CCC1=[N+]([O-])C(C)(/C(C)=N\Nc2ccccc2)N(O)C1(C)C. The Bertz CT molecular complexity index is 610. The molecule has 1 aliphatic heterocycles. The number of nitrogens with one attached hydrogen (secondary N) is 1. The molecule has 1 atom stereocenters. The smallest absolute Gasteiger partial charge is 0.288 e. The molecule has 1 heterocycles. The molecule has 22 heavy (non-hydrogen) atoms. The fourth-order valence-corrected chi connectivity index (χ4v) is 2.91. The average molecular weight is 304 g/mol. The fourth-order valence-electron chi connectivity index (χ4n) is 2.91. The van der Waals surface area contributed by atoms with E-state index in [1.165, 1.54) is 0 Å². The van der Waals surface area contributed by atoms with Gasteiger partial charge in [-0.05, 0) is 32.9 Å². The molecule has 0 spiro atoms. The largest absolute Gasteiger partial charge is 0.622 e. The van der Waals surface area contributed by atoms with Crippen LogP contribution in [0.1, 0.15) is 41.0 Å². The molecular formula is C16H24N4O2. The standard InChI is InChI=1S/C16H24N4O2/c1-6-14-15(3,4)20(22)16(5,19(14)21)12(2)17-18-13-10-8-7-9-11-13/h7-11,18,22H,6H2,1-5H3/b17-12-. The van der Waals surface area contributed by atoms with Crippen molar-refractivity contribution in [3.63, 3.8) is 0 Å². The van der Waals surface area contributed by atoms with Crippen molar-refractivity contribution < 1.29 is 9.95 Å². The van der Waals surface area contributed by atoms with E-state index in [4.69, 9.17) is 0 Å². The van der Waals surface area contributed by atoms with Crippen molar-refractivity contribution in [1.82, 2.24) is 5.06 Å². The highest BCUT2D eigenvalue weighted by Gasteiger charge is 2.60. The number of hydrazone groups is 1. The Kier molecular flexibility index (Phi) is 4.26. The van der Waals surface area contributed by atoms with Gasteiger partial charge >= 0.3 is 0 Å². The highest BCUT2D eigenvalue weighted by Crippen LogP contribution is 2.34.